The van der Waals surface area contributed by atoms with E-state index in [0.717, 1.165) is 16.9 Å². The first-order valence-corrected chi connectivity index (χ1v) is 10.0. The van der Waals surface area contributed by atoms with E-state index in [4.69, 9.17) is 9.73 Å². The first-order valence-electron chi connectivity index (χ1n) is 10.0. The van der Waals surface area contributed by atoms with Crippen LogP contribution in [0.4, 0.5) is 17.1 Å². The Kier molecular flexibility index (Phi) is 5.80. The summed E-state index contributed by atoms with van der Waals surface area (Å²) in [7, 11) is 1.61. The molecule has 3 aromatic carbocycles. The van der Waals surface area contributed by atoms with Gasteiger partial charge in [-0.3, -0.25) is 14.6 Å². The molecule has 0 spiro atoms. The minimum absolute atomic E-state index is 0.0881. The monoisotopic (exact) mass is 413 g/mol. The Morgan fingerprint density at radius 2 is 1.84 bits per heavy atom. The van der Waals surface area contributed by atoms with Gasteiger partial charge in [0.25, 0.3) is 0 Å². The third-order valence-electron chi connectivity index (χ3n) is 5.07. The van der Waals surface area contributed by atoms with Crippen molar-refractivity contribution in [3.63, 3.8) is 0 Å². The summed E-state index contributed by atoms with van der Waals surface area (Å²) < 4.78 is 5.22. The van der Waals surface area contributed by atoms with Crippen LogP contribution in [-0.4, -0.2) is 31.2 Å². The standard InChI is InChI=1S/C25H23N3O3/c1-17-6-5-7-19(14-17)26-24(29)16-28-23-9-4-3-8-21(23)27-22(15-25(28)30)18-10-12-20(31-2)13-11-18/h3-14H,15-16H2,1-2H3,(H,26,29). The number of carbonyl (C=O) groups is 2. The molecule has 0 saturated carbocycles. The van der Waals surface area contributed by atoms with Gasteiger partial charge in [-0.1, -0.05) is 24.3 Å². The second kappa shape index (κ2) is 8.83. The van der Waals surface area contributed by atoms with Gasteiger partial charge in [0.1, 0.15) is 12.3 Å². The Bertz CT molecular complexity index is 1150. The van der Waals surface area contributed by atoms with Gasteiger partial charge in [-0.25, -0.2) is 0 Å². The van der Waals surface area contributed by atoms with Gasteiger partial charge in [0, 0.05) is 5.69 Å². The number of hydrogen-bond donors (Lipinski definition) is 1. The smallest absolute Gasteiger partial charge is 0.244 e. The van der Waals surface area contributed by atoms with E-state index >= 15 is 0 Å². The van der Waals surface area contributed by atoms with Gasteiger partial charge in [0.05, 0.1) is 30.6 Å². The summed E-state index contributed by atoms with van der Waals surface area (Å²) in [6.45, 7) is 1.87. The summed E-state index contributed by atoms with van der Waals surface area (Å²) in [5, 5.41) is 2.87. The van der Waals surface area contributed by atoms with Crippen LogP contribution in [0.3, 0.4) is 0 Å². The summed E-state index contributed by atoms with van der Waals surface area (Å²) in [4.78, 5) is 32.1. The lowest BCUT2D eigenvalue weighted by molar-refractivity contribution is -0.120. The lowest BCUT2D eigenvalue weighted by atomic mass is 10.1. The van der Waals surface area contributed by atoms with E-state index in [0.29, 0.717) is 22.8 Å². The van der Waals surface area contributed by atoms with Crippen molar-refractivity contribution in [2.75, 3.05) is 23.9 Å². The van der Waals surface area contributed by atoms with Gasteiger partial charge in [-0.2, -0.15) is 0 Å². The van der Waals surface area contributed by atoms with Gasteiger partial charge >= 0.3 is 0 Å². The Morgan fingerprint density at radius 1 is 1.06 bits per heavy atom. The van der Waals surface area contributed by atoms with Crippen LogP contribution in [-0.2, 0) is 9.59 Å². The first-order chi connectivity index (χ1) is 15.0. The second-order valence-corrected chi connectivity index (χ2v) is 7.35. The molecular weight excluding hydrogens is 390 g/mol. The molecule has 0 unspecified atom stereocenters. The third-order valence-corrected chi connectivity index (χ3v) is 5.07. The van der Waals surface area contributed by atoms with Crippen LogP contribution in [0.25, 0.3) is 0 Å². The molecule has 0 atom stereocenters. The average molecular weight is 413 g/mol. The number of hydrogen-bond acceptors (Lipinski definition) is 4. The minimum atomic E-state index is -0.262. The topological polar surface area (TPSA) is 71.0 Å². The predicted octanol–water partition coefficient (Wildman–Crippen LogP) is 4.50. The van der Waals surface area contributed by atoms with Crippen LogP contribution in [0.5, 0.6) is 5.75 Å². The molecular formula is C25H23N3O3. The van der Waals surface area contributed by atoms with Gasteiger partial charge in [0.2, 0.25) is 11.8 Å². The van der Waals surface area contributed by atoms with E-state index in [2.05, 4.69) is 5.32 Å². The van der Waals surface area contributed by atoms with Crippen molar-refractivity contribution in [1.82, 2.24) is 0 Å². The maximum Gasteiger partial charge on any atom is 0.244 e. The van der Waals surface area contributed by atoms with Crippen molar-refractivity contribution < 1.29 is 14.3 Å². The maximum absolute atomic E-state index is 13.2. The Morgan fingerprint density at radius 3 is 2.58 bits per heavy atom. The largest absolute Gasteiger partial charge is 0.497 e. The molecule has 0 saturated heterocycles. The van der Waals surface area contributed by atoms with Crippen LogP contribution < -0.4 is 15.0 Å². The molecule has 6 nitrogen and oxygen atoms in total. The normalized spacial score (nSPS) is 13.2. The summed E-state index contributed by atoms with van der Waals surface area (Å²) in [6.07, 6.45) is 0.0960. The zero-order valence-electron chi connectivity index (χ0n) is 17.5. The molecule has 31 heavy (non-hydrogen) atoms. The molecule has 1 N–H and O–H groups in total. The molecule has 1 heterocycles. The molecule has 0 aromatic heterocycles. The molecule has 4 rings (SSSR count). The van der Waals surface area contributed by atoms with E-state index < -0.39 is 0 Å². The Labute approximate surface area is 181 Å². The van der Waals surface area contributed by atoms with Crippen LogP contribution in [0.15, 0.2) is 77.8 Å². The highest BCUT2D eigenvalue weighted by atomic mass is 16.5. The highest BCUT2D eigenvalue weighted by Gasteiger charge is 2.26. The number of benzene rings is 3. The van der Waals surface area contributed by atoms with Crippen molar-refractivity contribution in [1.29, 1.82) is 0 Å². The summed E-state index contributed by atoms with van der Waals surface area (Å²) in [5.41, 5.74) is 4.52. The molecule has 0 radical (unpaired) electrons. The number of nitrogens with one attached hydrogen (secondary N) is 1. The van der Waals surface area contributed by atoms with Gasteiger partial charge in [-0.15, -0.1) is 0 Å². The highest BCUT2D eigenvalue weighted by molar-refractivity contribution is 6.19. The van der Waals surface area contributed by atoms with E-state index in [1.807, 2.05) is 79.7 Å². The van der Waals surface area contributed by atoms with E-state index in [1.165, 1.54) is 4.90 Å². The molecule has 3 aromatic rings. The molecule has 1 aliphatic rings. The van der Waals surface area contributed by atoms with E-state index in [1.54, 1.807) is 7.11 Å². The van der Waals surface area contributed by atoms with Gasteiger partial charge < -0.3 is 15.0 Å². The van der Waals surface area contributed by atoms with Gasteiger partial charge in [0.15, 0.2) is 0 Å². The molecule has 0 aliphatic carbocycles. The fourth-order valence-corrected chi connectivity index (χ4v) is 3.54. The lowest BCUT2D eigenvalue weighted by Crippen LogP contribution is -2.38. The zero-order valence-corrected chi connectivity index (χ0v) is 17.5. The molecule has 0 bridgehead atoms. The number of carbonyl (C=O) groups excluding carboxylic acids is 2. The minimum Gasteiger partial charge on any atom is -0.497 e. The predicted molar refractivity (Wildman–Crippen MR) is 122 cm³/mol. The Hall–Kier alpha value is -3.93. The summed E-state index contributed by atoms with van der Waals surface area (Å²) in [6, 6.07) is 22.4. The first kappa shape index (κ1) is 20.3. The summed E-state index contributed by atoms with van der Waals surface area (Å²) in [5.74, 6) is 0.291. The van der Waals surface area contributed by atoms with Crippen molar-refractivity contribution >= 4 is 34.6 Å². The van der Waals surface area contributed by atoms with Crippen molar-refractivity contribution in [3.05, 3.63) is 83.9 Å². The number of anilines is 2. The number of aliphatic imine (C=N–C) groups is 1. The maximum atomic E-state index is 13.2. The van der Waals surface area contributed by atoms with Crippen molar-refractivity contribution in [2.45, 2.75) is 13.3 Å². The summed E-state index contributed by atoms with van der Waals surface area (Å²) >= 11 is 0. The van der Waals surface area contributed by atoms with Gasteiger partial charge in [-0.05, 0) is 66.6 Å². The number of para-hydroxylation sites is 2. The highest BCUT2D eigenvalue weighted by Crippen LogP contribution is 2.33. The van der Waals surface area contributed by atoms with E-state index in [-0.39, 0.29) is 24.8 Å². The van der Waals surface area contributed by atoms with Crippen molar-refractivity contribution in [3.8, 4) is 5.75 Å². The molecule has 0 fully saturated rings. The molecule has 1 aliphatic heterocycles. The zero-order chi connectivity index (χ0) is 21.8. The van der Waals surface area contributed by atoms with Crippen molar-refractivity contribution in [2.24, 2.45) is 4.99 Å². The number of ether oxygens (including phenoxy) is 1. The lowest BCUT2D eigenvalue weighted by Gasteiger charge is -2.22. The van der Waals surface area contributed by atoms with Crippen LogP contribution in [0, 0.1) is 6.92 Å². The second-order valence-electron chi connectivity index (χ2n) is 7.35. The average Bonchev–Trinajstić information content (AvgIpc) is 2.90. The Balaban J connectivity index is 1.60. The number of rotatable bonds is 5. The number of fused-ring (bicyclic) bond motifs is 1. The fourth-order valence-electron chi connectivity index (χ4n) is 3.54. The molecule has 2 amide bonds. The number of nitrogens with zero attached hydrogens (tertiary/aromatic N) is 2. The number of amides is 2. The third kappa shape index (κ3) is 4.64. The van der Waals surface area contributed by atoms with E-state index in [9.17, 15) is 9.59 Å². The SMILES string of the molecule is COc1ccc(C2=Nc3ccccc3N(CC(=O)Nc3cccc(C)c3)C(=O)C2)cc1. The quantitative estimate of drug-likeness (QED) is 0.669. The number of methoxy groups -OCH3 is 1. The van der Waals surface area contributed by atoms with Crippen LogP contribution >= 0.6 is 0 Å². The number of aryl methyl sites for hydroxylation is 1. The molecule has 6 heteroatoms. The fraction of sp³-hybridized carbons (Fsp3) is 0.160. The van der Waals surface area contributed by atoms with Crippen LogP contribution in [0.1, 0.15) is 17.5 Å². The van der Waals surface area contributed by atoms with Crippen LogP contribution in [0.2, 0.25) is 0 Å². The molecule has 156 valence electrons.